The number of halogens is 1. The van der Waals surface area contributed by atoms with Gasteiger partial charge >= 0.3 is 0 Å². The van der Waals surface area contributed by atoms with Crippen LogP contribution in [-0.2, 0) is 10.0 Å². The molecule has 0 heterocycles. The third kappa shape index (κ3) is 4.24. The van der Waals surface area contributed by atoms with Gasteiger partial charge in [-0.05, 0) is 48.0 Å². The van der Waals surface area contributed by atoms with Crippen molar-refractivity contribution >= 4 is 33.5 Å². The van der Waals surface area contributed by atoms with Crippen LogP contribution < -0.4 is 4.74 Å². The van der Waals surface area contributed by atoms with Crippen LogP contribution in [0.4, 0.5) is 0 Å². The number of ether oxygens (including phenoxy) is 1. The number of phenolic OH excluding ortho intramolecular Hbond substituents is 1. The summed E-state index contributed by atoms with van der Waals surface area (Å²) in [6.07, 6.45) is 2.86. The van der Waals surface area contributed by atoms with E-state index in [9.17, 15) is 18.3 Å². The van der Waals surface area contributed by atoms with E-state index in [-0.39, 0.29) is 27.2 Å². The zero-order chi connectivity index (χ0) is 19.5. The normalized spacial score (nSPS) is 11.9. The van der Waals surface area contributed by atoms with E-state index in [1.165, 1.54) is 69.8 Å². The van der Waals surface area contributed by atoms with Gasteiger partial charge in [0.2, 0.25) is 10.0 Å². The molecule has 0 saturated heterocycles. The van der Waals surface area contributed by atoms with Crippen LogP contribution in [0.25, 0.3) is 6.08 Å². The number of carbonyl (C=O) groups is 1. The molecule has 0 atom stereocenters. The van der Waals surface area contributed by atoms with Crippen LogP contribution in [0.15, 0.2) is 47.4 Å². The fourth-order valence-corrected chi connectivity index (χ4v) is 3.24. The molecule has 2 aromatic rings. The first-order valence-electron chi connectivity index (χ1n) is 7.48. The summed E-state index contributed by atoms with van der Waals surface area (Å²) in [6.45, 7) is 0. The first-order chi connectivity index (χ1) is 12.2. The summed E-state index contributed by atoms with van der Waals surface area (Å²) in [4.78, 5) is 12.4. The van der Waals surface area contributed by atoms with Crippen molar-refractivity contribution < 1.29 is 23.1 Å². The minimum atomic E-state index is -3.54. The number of allylic oxidation sites excluding steroid dienone is 1. The Labute approximate surface area is 157 Å². The average Bonchev–Trinajstić information content (AvgIpc) is 2.62. The number of hydrogen-bond acceptors (Lipinski definition) is 5. The molecule has 0 unspecified atom stereocenters. The molecule has 0 saturated carbocycles. The Morgan fingerprint density at radius 1 is 1.19 bits per heavy atom. The summed E-state index contributed by atoms with van der Waals surface area (Å²) in [5.74, 6) is -0.278. The summed E-state index contributed by atoms with van der Waals surface area (Å²) in [7, 11) is 0.734. The van der Waals surface area contributed by atoms with Gasteiger partial charge in [-0.1, -0.05) is 17.7 Å². The van der Waals surface area contributed by atoms with Gasteiger partial charge in [0.1, 0.15) is 0 Å². The molecule has 0 aliphatic heterocycles. The molecule has 0 aliphatic rings. The molecule has 2 aromatic carbocycles. The van der Waals surface area contributed by atoms with Crippen molar-refractivity contribution in [2.24, 2.45) is 0 Å². The molecular formula is C18H18ClNO5S. The fraction of sp³-hybridized carbons (Fsp3) is 0.167. The molecule has 1 N–H and O–H groups in total. The maximum atomic E-state index is 12.3. The van der Waals surface area contributed by atoms with Crippen LogP contribution in [0.5, 0.6) is 11.5 Å². The highest BCUT2D eigenvalue weighted by molar-refractivity contribution is 7.89. The smallest absolute Gasteiger partial charge is 0.242 e. The van der Waals surface area contributed by atoms with Crippen LogP contribution in [0.1, 0.15) is 15.9 Å². The molecule has 26 heavy (non-hydrogen) atoms. The van der Waals surface area contributed by atoms with Gasteiger partial charge in [-0.25, -0.2) is 12.7 Å². The van der Waals surface area contributed by atoms with Gasteiger partial charge in [-0.15, -0.1) is 0 Å². The van der Waals surface area contributed by atoms with Gasteiger partial charge in [0, 0.05) is 19.7 Å². The van der Waals surface area contributed by atoms with E-state index in [4.69, 9.17) is 16.3 Å². The fourth-order valence-electron chi connectivity index (χ4n) is 2.12. The van der Waals surface area contributed by atoms with E-state index in [1.807, 2.05) is 0 Å². The number of methoxy groups -OCH3 is 1. The Hall–Kier alpha value is -2.35. The highest BCUT2D eigenvalue weighted by Gasteiger charge is 2.17. The second kappa shape index (κ2) is 7.90. The lowest BCUT2D eigenvalue weighted by Crippen LogP contribution is -2.22. The monoisotopic (exact) mass is 395 g/mol. The van der Waals surface area contributed by atoms with E-state index in [0.717, 1.165) is 4.31 Å². The lowest BCUT2D eigenvalue weighted by atomic mass is 10.1. The van der Waals surface area contributed by atoms with Gasteiger partial charge in [0.05, 0.1) is 17.0 Å². The van der Waals surface area contributed by atoms with Crippen LogP contribution in [0.2, 0.25) is 5.02 Å². The lowest BCUT2D eigenvalue weighted by molar-refractivity contribution is 0.104. The molecule has 0 radical (unpaired) electrons. The maximum absolute atomic E-state index is 12.3. The Morgan fingerprint density at radius 2 is 1.81 bits per heavy atom. The third-order valence-electron chi connectivity index (χ3n) is 3.62. The van der Waals surface area contributed by atoms with Crippen LogP contribution in [0.3, 0.4) is 0 Å². The van der Waals surface area contributed by atoms with Gasteiger partial charge in [-0.2, -0.15) is 0 Å². The van der Waals surface area contributed by atoms with Gasteiger partial charge in [0.25, 0.3) is 0 Å². The van der Waals surface area contributed by atoms with Crippen molar-refractivity contribution in [2.75, 3.05) is 21.2 Å². The molecule has 2 rings (SSSR count). The minimum Gasteiger partial charge on any atom is -0.503 e. The third-order valence-corrected chi connectivity index (χ3v) is 5.73. The lowest BCUT2D eigenvalue weighted by Gasteiger charge is -2.11. The van der Waals surface area contributed by atoms with Gasteiger partial charge < -0.3 is 9.84 Å². The number of ketones is 1. The number of carbonyl (C=O) groups excluding carboxylic acids is 1. The number of rotatable bonds is 6. The summed E-state index contributed by atoms with van der Waals surface area (Å²) < 4.78 is 30.2. The number of sulfonamides is 1. The number of phenols is 1. The Morgan fingerprint density at radius 3 is 2.35 bits per heavy atom. The van der Waals surface area contributed by atoms with E-state index in [0.29, 0.717) is 11.1 Å². The Kier molecular flexibility index (Phi) is 6.07. The Balaban J connectivity index is 2.23. The SMILES string of the molecule is COc1cc(/C=C/C(=O)c2ccc(S(=O)(=O)N(C)C)cc2)cc(Cl)c1O. The van der Waals surface area contributed by atoms with E-state index in [1.54, 1.807) is 0 Å². The second-order valence-electron chi connectivity index (χ2n) is 5.56. The molecule has 6 nitrogen and oxygen atoms in total. The first kappa shape index (κ1) is 20.0. The van der Waals surface area contributed by atoms with Crippen molar-refractivity contribution in [3.05, 3.63) is 58.6 Å². The highest BCUT2D eigenvalue weighted by atomic mass is 35.5. The molecule has 0 spiro atoms. The molecule has 138 valence electrons. The number of aromatic hydroxyl groups is 1. The largest absolute Gasteiger partial charge is 0.503 e. The maximum Gasteiger partial charge on any atom is 0.242 e. The number of benzene rings is 2. The average molecular weight is 396 g/mol. The van der Waals surface area contributed by atoms with Crippen LogP contribution in [0, 0.1) is 0 Å². The summed E-state index contributed by atoms with van der Waals surface area (Å²) >= 11 is 5.91. The van der Waals surface area contributed by atoms with Crippen molar-refractivity contribution in [3.8, 4) is 11.5 Å². The Bertz CT molecular complexity index is 950. The summed E-state index contributed by atoms with van der Waals surface area (Å²) in [5.41, 5.74) is 0.917. The quantitative estimate of drug-likeness (QED) is 0.599. The summed E-state index contributed by atoms with van der Waals surface area (Å²) in [6, 6.07) is 8.71. The molecule has 8 heteroatoms. The molecular weight excluding hydrogens is 378 g/mol. The zero-order valence-electron chi connectivity index (χ0n) is 14.4. The molecule has 0 aromatic heterocycles. The zero-order valence-corrected chi connectivity index (χ0v) is 16.0. The van der Waals surface area contributed by atoms with Crippen LogP contribution >= 0.6 is 11.6 Å². The van der Waals surface area contributed by atoms with Crippen molar-refractivity contribution in [1.82, 2.24) is 4.31 Å². The molecule has 0 bridgehead atoms. The van der Waals surface area contributed by atoms with Crippen LogP contribution in [-0.4, -0.2) is 44.8 Å². The topological polar surface area (TPSA) is 83.9 Å². The molecule has 0 aliphatic carbocycles. The van der Waals surface area contributed by atoms with Gasteiger partial charge in [0.15, 0.2) is 17.3 Å². The van der Waals surface area contributed by atoms with Crippen molar-refractivity contribution in [2.45, 2.75) is 4.90 Å². The van der Waals surface area contributed by atoms with E-state index >= 15 is 0 Å². The molecule has 0 fully saturated rings. The highest BCUT2D eigenvalue weighted by Crippen LogP contribution is 2.35. The predicted molar refractivity (Wildman–Crippen MR) is 100 cm³/mol. The minimum absolute atomic E-state index is 0.106. The van der Waals surface area contributed by atoms with Crippen molar-refractivity contribution in [3.63, 3.8) is 0 Å². The standard InChI is InChI=1S/C18H18ClNO5S/c1-20(2)26(23,24)14-7-5-13(6-8-14)16(21)9-4-12-10-15(19)18(22)17(11-12)25-3/h4-11,22H,1-3H3/b9-4+. The number of nitrogens with zero attached hydrogens (tertiary/aromatic N) is 1. The van der Waals surface area contributed by atoms with Gasteiger partial charge in [-0.3, -0.25) is 4.79 Å². The molecule has 0 amide bonds. The van der Waals surface area contributed by atoms with E-state index in [2.05, 4.69) is 0 Å². The van der Waals surface area contributed by atoms with E-state index < -0.39 is 10.0 Å². The predicted octanol–water partition coefficient (Wildman–Crippen LogP) is 3.20. The van der Waals surface area contributed by atoms with Crippen molar-refractivity contribution in [1.29, 1.82) is 0 Å². The summed E-state index contributed by atoms with van der Waals surface area (Å²) in [5, 5.41) is 9.81. The number of hydrogen-bond donors (Lipinski definition) is 1. The first-order valence-corrected chi connectivity index (χ1v) is 9.30. The second-order valence-corrected chi connectivity index (χ2v) is 8.12.